The molecule has 1 heterocycles. The summed E-state index contributed by atoms with van der Waals surface area (Å²) < 4.78 is 14.4. The molecule has 0 spiro atoms. The van der Waals surface area contributed by atoms with E-state index < -0.39 is 5.41 Å². The highest BCUT2D eigenvalue weighted by Crippen LogP contribution is 2.35. The van der Waals surface area contributed by atoms with Crippen LogP contribution in [0, 0.1) is 5.41 Å². The Morgan fingerprint density at radius 3 is 2.44 bits per heavy atom. The van der Waals surface area contributed by atoms with Crippen molar-refractivity contribution in [3.63, 3.8) is 0 Å². The molecular weight excluding hydrogens is 518 g/mol. The van der Waals surface area contributed by atoms with Crippen molar-refractivity contribution in [3.8, 4) is 11.5 Å². The minimum Gasteiger partial charge on any atom is -0.490 e. The molecule has 0 aliphatic heterocycles. The lowest BCUT2D eigenvalue weighted by Crippen LogP contribution is -2.29. The van der Waals surface area contributed by atoms with Crippen LogP contribution >= 0.6 is 15.9 Å². The number of aromatic nitrogens is 2. The van der Waals surface area contributed by atoms with Crippen LogP contribution in [-0.4, -0.2) is 29.1 Å². The standard InChI is InChI=1S/C29H36BrN3O3/c1-9-11-20-14-19(15-24(35-10-2)25(20)36-18-28(3,4)5)17-31-33-26(34)22-16-21(30)12-13-23(22)32-27(33)29(6,7)8/h9,12-17H,1,10-11,18H2,2-8H3. The first kappa shape index (κ1) is 27.7. The molecule has 0 aliphatic rings. The van der Waals surface area contributed by atoms with Crippen LogP contribution in [0.15, 0.2) is 57.4 Å². The molecule has 3 rings (SSSR count). The summed E-state index contributed by atoms with van der Waals surface area (Å²) in [5, 5.41) is 5.12. The molecule has 0 atom stereocenters. The van der Waals surface area contributed by atoms with Crippen molar-refractivity contribution in [3.05, 3.63) is 74.8 Å². The Balaban J connectivity index is 2.16. The van der Waals surface area contributed by atoms with Gasteiger partial charge in [0.05, 0.1) is 30.3 Å². The quantitative estimate of drug-likeness (QED) is 0.225. The van der Waals surface area contributed by atoms with Gasteiger partial charge in [0, 0.05) is 15.5 Å². The molecule has 0 radical (unpaired) electrons. The molecule has 7 heteroatoms. The van der Waals surface area contributed by atoms with Crippen LogP contribution in [0.4, 0.5) is 0 Å². The van der Waals surface area contributed by atoms with Crippen LogP contribution in [0.25, 0.3) is 10.9 Å². The summed E-state index contributed by atoms with van der Waals surface area (Å²) in [5.41, 5.74) is 1.77. The van der Waals surface area contributed by atoms with Crippen LogP contribution in [0.5, 0.6) is 11.5 Å². The Bertz CT molecular complexity index is 1350. The SMILES string of the molecule is C=CCc1cc(C=Nn2c(C(C)(C)C)nc3ccc(Br)cc3c2=O)cc(OCC)c1OCC(C)(C)C. The fraction of sp³-hybridized carbons (Fsp3) is 0.414. The van der Waals surface area contributed by atoms with E-state index in [2.05, 4.69) is 48.4 Å². The molecule has 3 aromatic rings. The Kier molecular flexibility index (Phi) is 8.44. The second kappa shape index (κ2) is 11.0. The van der Waals surface area contributed by atoms with Crippen LogP contribution in [0.1, 0.15) is 65.4 Å². The third kappa shape index (κ3) is 6.64. The molecule has 2 aromatic carbocycles. The fourth-order valence-electron chi connectivity index (χ4n) is 3.65. The first-order chi connectivity index (χ1) is 16.8. The summed E-state index contributed by atoms with van der Waals surface area (Å²) in [7, 11) is 0. The van der Waals surface area contributed by atoms with Crippen molar-refractivity contribution >= 4 is 33.0 Å². The van der Waals surface area contributed by atoms with Gasteiger partial charge in [0.25, 0.3) is 5.56 Å². The highest BCUT2D eigenvalue weighted by Gasteiger charge is 2.23. The van der Waals surface area contributed by atoms with E-state index in [0.717, 1.165) is 15.6 Å². The van der Waals surface area contributed by atoms with E-state index in [4.69, 9.17) is 14.5 Å². The predicted molar refractivity (Wildman–Crippen MR) is 152 cm³/mol. The Morgan fingerprint density at radius 1 is 1.11 bits per heavy atom. The lowest BCUT2D eigenvalue weighted by atomic mass is 9.95. The average molecular weight is 555 g/mol. The number of hydrogen-bond acceptors (Lipinski definition) is 5. The second-order valence-corrected chi connectivity index (χ2v) is 11.9. The van der Waals surface area contributed by atoms with Crippen molar-refractivity contribution in [2.24, 2.45) is 10.5 Å². The van der Waals surface area contributed by atoms with Gasteiger partial charge in [0.1, 0.15) is 5.82 Å². The number of allylic oxidation sites excluding steroid dienone is 1. The summed E-state index contributed by atoms with van der Waals surface area (Å²) in [4.78, 5) is 18.3. The van der Waals surface area contributed by atoms with E-state index in [0.29, 0.717) is 47.9 Å². The lowest BCUT2D eigenvalue weighted by molar-refractivity contribution is 0.187. The van der Waals surface area contributed by atoms with Crippen molar-refractivity contribution in [2.45, 2.75) is 60.3 Å². The monoisotopic (exact) mass is 553 g/mol. The predicted octanol–water partition coefficient (Wildman–Crippen LogP) is 6.89. The minimum absolute atomic E-state index is 0.00232. The zero-order chi connectivity index (χ0) is 26.7. The zero-order valence-corrected chi connectivity index (χ0v) is 23.9. The molecule has 192 valence electrons. The van der Waals surface area contributed by atoms with E-state index >= 15 is 0 Å². The molecule has 0 bridgehead atoms. The molecule has 0 fully saturated rings. The number of nitrogens with zero attached hydrogens (tertiary/aromatic N) is 3. The molecule has 0 amide bonds. The third-order valence-electron chi connectivity index (χ3n) is 5.27. The van der Waals surface area contributed by atoms with Gasteiger partial charge in [0.2, 0.25) is 0 Å². The van der Waals surface area contributed by atoms with Crippen molar-refractivity contribution < 1.29 is 9.47 Å². The second-order valence-electron chi connectivity index (χ2n) is 11.0. The molecule has 0 N–H and O–H groups in total. The number of rotatable bonds is 8. The molecule has 0 saturated heterocycles. The Hall–Kier alpha value is -2.93. The zero-order valence-electron chi connectivity index (χ0n) is 22.3. The smallest absolute Gasteiger partial charge is 0.282 e. The Morgan fingerprint density at radius 2 is 1.83 bits per heavy atom. The number of ether oxygens (including phenoxy) is 2. The maximum absolute atomic E-state index is 13.5. The van der Waals surface area contributed by atoms with Gasteiger partial charge in [-0.1, -0.05) is 63.5 Å². The van der Waals surface area contributed by atoms with Gasteiger partial charge in [-0.25, -0.2) is 4.98 Å². The molecule has 1 aromatic heterocycles. The maximum atomic E-state index is 13.5. The summed E-state index contributed by atoms with van der Waals surface area (Å²) in [5.74, 6) is 1.94. The number of hydrogen-bond donors (Lipinski definition) is 0. The average Bonchev–Trinajstić information content (AvgIpc) is 2.77. The molecule has 0 unspecified atom stereocenters. The van der Waals surface area contributed by atoms with Crippen molar-refractivity contribution in [2.75, 3.05) is 13.2 Å². The lowest BCUT2D eigenvalue weighted by Gasteiger charge is -2.22. The van der Waals surface area contributed by atoms with Gasteiger partial charge < -0.3 is 9.47 Å². The topological polar surface area (TPSA) is 65.7 Å². The van der Waals surface area contributed by atoms with Gasteiger partial charge in [-0.15, -0.1) is 6.58 Å². The van der Waals surface area contributed by atoms with E-state index in [1.165, 1.54) is 4.68 Å². The van der Waals surface area contributed by atoms with Crippen LogP contribution < -0.4 is 15.0 Å². The number of fused-ring (bicyclic) bond motifs is 1. The first-order valence-corrected chi connectivity index (χ1v) is 12.9. The van der Waals surface area contributed by atoms with E-state index in [-0.39, 0.29) is 11.0 Å². The fourth-order valence-corrected chi connectivity index (χ4v) is 4.01. The number of halogens is 1. The third-order valence-corrected chi connectivity index (χ3v) is 5.76. The molecule has 36 heavy (non-hydrogen) atoms. The summed E-state index contributed by atoms with van der Waals surface area (Å²) in [6, 6.07) is 9.40. The molecule has 0 aliphatic carbocycles. The molecular formula is C29H36BrN3O3. The normalized spacial score (nSPS) is 12.3. The largest absolute Gasteiger partial charge is 0.490 e. The van der Waals surface area contributed by atoms with Crippen molar-refractivity contribution in [1.29, 1.82) is 0 Å². The van der Waals surface area contributed by atoms with Crippen LogP contribution in [0.3, 0.4) is 0 Å². The van der Waals surface area contributed by atoms with Gasteiger partial charge in [0.15, 0.2) is 11.5 Å². The summed E-state index contributed by atoms with van der Waals surface area (Å²) in [6.07, 6.45) is 4.12. The highest BCUT2D eigenvalue weighted by molar-refractivity contribution is 9.10. The first-order valence-electron chi connectivity index (χ1n) is 12.1. The van der Waals surface area contributed by atoms with E-state index in [1.807, 2.05) is 58.0 Å². The van der Waals surface area contributed by atoms with Crippen LogP contribution in [-0.2, 0) is 11.8 Å². The Labute approximate surface area is 222 Å². The minimum atomic E-state index is -0.396. The van der Waals surface area contributed by atoms with Gasteiger partial charge in [-0.2, -0.15) is 9.78 Å². The summed E-state index contributed by atoms with van der Waals surface area (Å²) >= 11 is 3.45. The van der Waals surface area contributed by atoms with Gasteiger partial charge >= 0.3 is 0 Å². The highest BCUT2D eigenvalue weighted by atomic mass is 79.9. The van der Waals surface area contributed by atoms with Gasteiger partial charge in [-0.3, -0.25) is 4.79 Å². The molecule has 6 nitrogen and oxygen atoms in total. The molecule has 0 saturated carbocycles. The van der Waals surface area contributed by atoms with Crippen LogP contribution in [0.2, 0.25) is 0 Å². The summed E-state index contributed by atoms with van der Waals surface area (Å²) in [6.45, 7) is 19.3. The van der Waals surface area contributed by atoms with Gasteiger partial charge in [-0.05, 0) is 54.7 Å². The van der Waals surface area contributed by atoms with Crippen molar-refractivity contribution in [1.82, 2.24) is 9.66 Å². The van der Waals surface area contributed by atoms with E-state index in [9.17, 15) is 4.79 Å². The maximum Gasteiger partial charge on any atom is 0.282 e. The number of benzene rings is 2. The van der Waals surface area contributed by atoms with E-state index in [1.54, 1.807) is 12.3 Å².